The third-order valence-corrected chi connectivity index (χ3v) is 5.66. The number of benzene rings is 1. The Bertz CT molecular complexity index is 864. The number of rotatable bonds is 9. The molecular weight excluding hydrogens is 430 g/mol. The molecule has 0 saturated heterocycles. The van der Waals surface area contributed by atoms with Crippen LogP contribution in [-0.4, -0.2) is 46.5 Å². The quantitative estimate of drug-likeness (QED) is 0.539. The van der Waals surface area contributed by atoms with Gasteiger partial charge in [0.25, 0.3) is 0 Å². The van der Waals surface area contributed by atoms with E-state index in [1.165, 1.54) is 0 Å². The molecule has 190 valence electrons. The molecule has 2 unspecified atom stereocenters. The van der Waals surface area contributed by atoms with Crippen LogP contribution in [-0.2, 0) is 14.3 Å². The van der Waals surface area contributed by atoms with Gasteiger partial charge in [-0.05, 0) is 90.3 Å². The summed E-state index contributed by atoms with van der Waals surface area (Å²) in [5, 5.41) is 5.82. The molecule has 0 spiro atoms. The van der Waals surface area contributed by atoms with Crippen LogP contribution in [0.5, 0.6) is 0 Å². The predicted octanol–water partition coefficient (Wildman–Crippen LogP) is 4.80. The molecule has 1 aromatic rings. The number of amides is 3. The Labute approximate surface area is 205 Å². The van der Waals surface area contributed by atoms with Crippen molar-refractivity contribution in [1.82, 2.24) is 15.5 Å². The molecule has 1 aromatic carbocycles. The fourth-order valence-electron chi connectivity index (χ4n) is 4.21. The summed E-state index contributed by atoms with van der Waals surface area (Å²) in [5.41, 5.74) is 2.09. The molecule has 1 aliphatic carbocycles. The average molecular weight is 474 g/mol. The highest BCUT2D eigenvalue weighted by Crippen LogP contribution is 2.38. The topological polar surface area (TPSA) is 87.7 Å². The van der Waals surface area contributed by atoms with E-state index in [1.807, 2.05) is 59.7 Å². The maximum absolute atomic E-state index is 14.1. The van der Waals surface area contributed by atoms with Gasteiger partial charge in [-0.1, -0.05) is 32.0 Å². The molecule has 0 radical (unpaired) electrons. The van der Waals surface area contributed by atoms with Gasteiger partial charge < -0.3 is 20.3 Å². The van der Waals surface area contributed by atoms with Crippen LogP contribution in [0.1, 0.15) is 90.5 Å². The highest BCUT2D eigenvalue weighted by Gasteiger charge is 2.45. The normalized spacial score (nSPS) is 15.6. The van der Waals surface area contributed by atoms with Gasteiger partial charge in [0.2, 0.25) is 11.8 Å². The van der Waals surface area contributed by atoms with E-state index in [1.54, 1.807) is 25.7 Å². The van der Waals surface area contributed by atoms with Gasteiger partial charge in [0.15, 0.2) is 0 Å². The third kappa shape index (κ3) is 7.74. The van der Waals surface area contributed by atoms with Crippen molar-refractivity contribution in [3.8, 4) is 0 Å². The summed E-state index contributed by atoms with van der Waals surface area (Å²) in [5.74, 6) is -0.282. The van der Waals surface area contributed by atoms with Gasteiger partial charge in [-0.25, -0.2) is 4.79 Å². The van der Waals surface area contributed by atoms with Crippen molar-refractivity contribution in [2.24, 2.45) is 5.92 Å². The minimum Gasteiger partial charge on any atom is -0.444 e. The first-order valence-electron chi connectivity index (χ1n) is 12.4. The lowest BCUT2D eigenvalue weighted by atomic mass is 9.92. The molecule has 2 N–H and O–H groups in total. The molecule has 0 aromatic heterocycles. The van der Waals surface area contributed by atoms with Gasteiger partial charge in [-0.3, -0.25) is 9.59 Å². The fourth-order valence-corrected chi connectivity index (χ4v) is 4.21. The number of hydrogen-bond donors (Lipinski definition) is 2. The number of hydrogen-bond acceptors (Lipinski definition) is 4. The van der Waals surface area contributed by atoms with Gasteiger partial charge in [-0.15, -0.1) is 0 Å². The molecule has 7 nitrogen and oxygen atoms in total. The van der Waals surface area contributed by atoms with Gasteiger partial charge in [0.05, 0.1) is 0 Å². The van der Waals surface area contributed by atoms with Crippen LogP contribution < -0.4 is 10.6 Å². The minimum absolute atomic E-state index is 0.0375. The highest BCUT2D eigenvalue weighted by atomic mass is 16.6. The van der Waals surface area contributed by atoms with Crippen LogP contribution in [0, 0.1) is 19.8 Å². The zero-order chi connectivity index (χ0) is 25.8. The molecule has 0 bridgehead atoms. The predicted molar refractivity (Wildman–Crippen MR) is 134 cm³/mol. The smallest absolute Gasteiger partial charge is 0.408 e. The van der Waals surface area contributed by atoms with Gasteiger partial charge in [-0.2, -0.15) is 0 Å². The second-order valence-corrected chi connectivity index (χ2v) is 11.2. The van der Waals surface area contributed by atoms with Crippen molar-refractivity contribution in [1.29, 1.82) is 0 Å². The van der Waals surface area contributed by atoms with Gasteiger partial charge >= 0.3 is 6.09 Å². The average Bonchev–Trinajstić information content (AvgIpc) is 3.48. The van der Waals surface area contributed by atoms with Crippen LogP contribution in [0.3, 0.4) is 0 Å². The fraction of sp³-hybridized carbons (Fsp3) is 0.667. The summed E-state index contributed by atoms with van der Waals surface area (Å²) in [6.07, 6.45) is 1.50. The number of carbonyl (C=O) groups excluding carboxylic acids is 3. The molecule has 0 heterocycles. The first-order chi connectivity index (χ1) is 15.7. The Morgan fingerprint density at radius 3 is 2.03 bits per heavy atom. The SMILES string of the molecule is Cc1cccc(C)c1C(C(=O)NC(C)C)N(C(=O)C(CC(C)C)NC(=O)OC(C)(C)C)C1CC1. The van der Waals surface area contributed by atoms with Crippen molar-refractivity contribution in [3.05, 3.63) is 34.9 Å². The molecule has 2 atom stereocenters. The van der Waals surface area contributed by atoms with Crippen LogP contribution in [0.4, 0.5) is 4.79 Å². The van der Waals surface area contributed by atoms with Crippen molar-refractivity contribution >= 4 is 17.9 Å². The summed E-state index contributed by atoms with van der Waals surface area (Å²) < 4.78 is 5.44. The molecule has 34 heavy (non-hydrogen) atoms. The van der Waals surface area contributed by atoms with Crippen LogP contribution in [0.2, 0.25) is 0 Å². The zero-order valence-electron chi connectivity index (χ0n) is 22.3. The first-order valence-corrected chi connectivity index (χ1v) is 12.4. The summed E-state index contributed by atoms with van der Waals surface area (Å²) in [6, 6.07) is 4.25. The lowest BCUT2D eigenvalue weighted by Crippen LogP contribution is -2.54. The molecule has 7 heteroatoms. The standard InChI is InChI=1S/C27H43N3O4/c1-16(2)15-21(29-26(33)34-27(7,8)9)25(32)30(20-13-14-20)23(24(31)28-17(3)4)22-18(5)11-10-12-19(22)6/h10-12,16-17,20-21,23H,13-15H2,1-9H3,(H,28,31)(H,29,33). The highest BCUT2D eigenvalue weighted by molar-refractivity contribution is 5.93. The molecule has 2 rings (SSSR count). The van der Waals surface area contributed by atoms with E-state index in [9.17, 15) is 14.4 Å². The van der Waals surface area contributed by atoms with E-state index in [2.05, 4.69) is 10.6 Å². The van der Waals surface area contributed by atoms with E-state index in [-0.39, 0.29) is 29.8 Å². The molecule has 1 fully saturated rings. The monoisotopic (exact) mass is 473 g/mol. The molecule has 0 aliphatic heterocycles. The third-order valence-electron chi connectivity index (χ3n) is 5.66. The summed E-state index contributed by atoms with van der Waals surface area (Å²) >= 11 is 0. The Kier molecular flexibility index (Phi) is 9.15. The van der Waals surface area contributed by atoms with E-state index in [4.69, 9.17) is 4.74 Å². The van der Waals surface area contributed by atoms with E-state index in [0.29, 0.717) is 6.42 Å². The second kappa shape index (κ2) is 11.2. The number of nitrogens with one attached hydrogen (secondary N) is 2. The maximum atomic E-state index is 14.1. The molecular formula is C27H43N3O4. The minimum atomic E-state index is -0.783. The molecule has 1 saturated carbocycles. The van der Waals surface area contributed by atoms with Gasteiger partial charge in [0, 0.05) is 12.1 Å². The van der Waals surface area contributed by atoms with Crippen molar-refractivity contribution in [2.75, 3.05) is 0 Å². The van der Waals surface area contributed by atoms with Crippen LogP contribution in [0.15, 0.2) is 18.2 Å². The summed E-state index contributed by atoms with van der Waals surface area (Å²) in [6.45, 7) is 17.1. The lowest BCUT2D eigenvalue weighted by molar-refractivity contribution is -0.143. The lowest BCUT2D eigenvalue weighted by Gasteiger charge is -2.36. The van der Waals surface area contributed by atoms with Gasteiger partial charge in [0.1, 0.15) is 17.7 Å². The number of nitrogens with zero attached hydrogens (tertiary/aromatic N) is 1. The molecule has 1 aliphatic rings. The number of aryl methyl sites for hydroxylation is 2. The molecule has 3 amide bonds. The van der Waals surface area contributed by atoms with Crippen molar-refractivity contribution in [3.63, 3.8) is 0 Å². The number of ether oxygens (including phenoxy) is 1. The van der Waals surface area contributed by atoms with E-state index in [0.717, 1.165) is 29.5 Å². The first kappa shape index (κ1) is 27.7. The summed E-state index contributed by atoms with van der Waals surface area (Å²) in [7, 11) is 0. The van der Waals surface area contributed by atoms with E-state index >= 15 is 0 Å². The Morgan fingerprint density at radius 1 is 1.03 bits per heavy atom. The number of carbonyl (C=O) groups is 3. The number of alkyl carbamates (subject to hydrolysis) is 1. The van der Waals surface area contributed by atoms with Crippen LogP contribution >= 0.6 is 0 Å². The van der Waals surface area contributed by atoms with Crippen molar-refractivity contribution in [2.45, 2.75) is 111 Å². The second-order valence-electron chi connectivity index (χ2n) is 11.2. The zero-order valence-corrected chi connectivity index (χ0v) is 22.3. The van der Waals surface area contributed by atoms with Crippen molar-refractivity contribution < 1.29 is 19.1 Å². The maximum Gasteiger partial charge on any atom is 0.408 e. The van der Waals surface area contributed by atoms with E-state index < -0.39 is 23.8 Å². The largest absolute Gasteiger partial charge is 0.444 e. The Morgan fingerprint density at radius 2 is 1.59 bits per heavy atom. The Hall–Kier alpha value is -2.57. The summed E-state index contributed by atoms with van der Waals surface area (Å²) in [4.78, 5) is 42.0. The Balaban J connectivity index is 2.50. The van der Waals surface area contributed by atoms with Crippen LogP contribution in [0.25, 0.3) is 0 Å².